The molecule has 0 saturated carbocycles. The van der Waals surface area contributed by atoms with Crippen molar-refractivity contribution < 1.29 is 9.53 Å². The smallest absolute Gasteiger partial charge is 0.253 e. The second-order valence-corrected chi connectivity index (χ2v) is 4.62. The van der Waals surface area contributed by atoms with Crippen LogP contribution < -0.4 is 5.73 Å². The van der Waals surface area contributed by atoms with Gasteiger partial charge in [0, 0.05) is 30.8 Å². The number of rotatable bonds is 6. The summed E-state index contributed by atoms with van der Waals surface area (Å²) in [5.74, 6) is 5.86. The fraction of sp³-hybridized carbons (Fsp3) is 0.471. The Labute approximate surface area is 127 Å². The van der Waals surface area contributed by atoms with Crippen molar-refractivity contribution in [2.45, 2.75) is 20.8 Å². The van der Waals surface area contributed by atoms with Crippen molar-refractivity contribution in [3.8, 4) is 11.8 Å². The minimum atomic E-state index is 0.0265. The molecule has 114 valence electrons. The van der Waals surface area contributed by atoms with E-state index in [0.717, 1.165) is 11.1 Å². The molecule has 1 aromatic rings. The van der Waals surface area contributed by atoms with Crippen LogP contribution in [0.2, 0.25) is 0 Å². The number of likely N-dealkylation sites (N-methyl/N-ethyl adjacent to an activating group) is 1. The first kappa shape index (κ1) is 17.2. The fourth-order valence-corrected chi connectivity index (χ4v) is 1.99. The summed E-state index contributed by atoms with van der Waals surface area (Å²) < 4.78 is 5.31. The highest BCUT2D eigenvalue weighted by Gasteiger charge is 2.14. The van der Waals surface area contributed by atoms with E-state index >= 15 is 0 Å². The highest BCUT2D eigenvalue weighted by atomic mass is 16.5. The summed E-state index contributed by atoms with van der Waals surface area (Å²) in [6.45, 7) is 8.71. The normalized spacial score (nSPS) is 9.90. The monoisotopic (exact) mass is 288 g/mol. The van der Waals surface area contributed by atoms with E-state index in [1.807, 2.05) is 39.0 Å². The van der Waals surface area contributed by atoms with Crippen LogP contribution in [0, 0.1) is 18.8 Å². The molecule has 0 bridgehead atoms. The number of hydrogen-bond acceptors (Lipinski definition) is 3. The molecule has 4 nitrogen and oxygen atoms in total. The molecule has 0 atom stereocenters. The van der Waals surface area contributed by atoms with Gasteiger partial charge in [-0.15, -0.1) is 0 Å². The Morgan fingerprint density at radius 3 is 2.71 bits per heavy atom. The number of carbonyl (C=O) groups is 1. The van der Waals surface area contributed by atoms with Gasteiger partial charge in [-0.1, -0.05) is 11.8 Å². The zero-order valence-corrected chi connectivity index (χ0v) is 13.1. The predicted molar refractivity (Wildman–Crippen MR) is 85.2 cm³/mol. The van der Waals surface area contributed by atoms with Crippen LogP contribution in [0.15, 0.2) is 18.2 Å². The van der Waals surface area contributed by atoms with Gasteiger partial charge in [0.25, 0.3) is 5.91 Å². The average molecular weight is 288 g/mol. The minimum absolute atomic E-state index is 0.0265. The van der Waals surface area contributed by atoms with E-state index in [4.69, 9.17) is 10.5 Å². The van der Waals surface area contributed by atoms with Gasteiger partial charge < -0.3 is 15.4 Å². The maximum atomic E-state index is 12.5. The molecular weight excluding hydrogens is 264 g/mol. The summed E-state index contributed by atoms with van der Waals surface area (Å²) in [6, 6.07) is 5.58. The Bertz CT molecular complexity index is 529. The summed E-state index contributed by atoms with van der Waals surface area (Å²) in [7, 11) is 0. The highest BCUT2D eigenvalue weighted by molar-refractivity contribution is 5.94. The third-order valence-corrected chi connectivity index (χ3v) is 3.18. The van der Waals surface area contributed by atoms with Crippen molar-refractivity contribution in [1.29, 1.82) is 0 Å². The van der Waals surface area contributed by atoms with Gasteiger partial charge in [-0.05, 0) is 44.5 Å². The lowest BCUT2D eigenvalue weighted by molar-refractivity contribution is 0.0669. The molecule has 0 radical (unpaired) electrons. The van der Waals surface area contributed by atoms with Crippen LogP contribution in [0.4, 0.5) is 0 Å². The molecule has 0 aliphatic heterocycles. The second kappa shape index (κ2) is 9.17. The van der Waals surface area contributed by atoms with Crippen LogP contribution in [-0.2, 0) is 4.74 Å². The number of benzene rings is 1. The number of carbonyl (C=O) groups excluding carboxylic acids is 1. The van der Waals surface area contributed by atoms with E-state index in [2.05, 4.69) is 11.8 Å². The number of amides is 1. The number of nitrogens with zero attached hydrogens (tertiary/aromatic N) is 1. The van der Waals surface area contributed by atoms with Crippen LogP contribution in [0.3, 0.4) is 0 Å². The van der Waals surface area contributed by atoms with Crippen molar-refractivity contribution in [2.24, 2.45) is 5.73 Å². The van der Waals surface area contributed by atoms with Gasteiger partial charge in [-0.2, -0.15) is 0 Å². The zero-order valence-electron chi connectivity index (χ0n) is 13.1. The fourth-order valence-electron chi connectivity index (χ4n) is 1.99. The van der Waals surface area contributed by atoms with Crippen molar-refractivity contribution in [3.05, 3.63) is 34.9 Å². The van der Waals surface area contributed by atoms with Crippen LogP contribution in [0.5, 0.6) is 0 Å². The van der Waals surface area contributed by atoms with E-state index in [1.165, 1.54) is 0 Å². The minimum Gasteiger partial charge on any atom is -0.380 e. The molecule has 0 aliphatic carbocycles. The van der Waals surface area contributed by atoms with Crippen LogP contribution >= 0.6 is 0 Å². The van der Waals surface area contributed by atoms with Crippen LogP contribution in [0.1, 0.15) is 35.3 Å². The number of hydrogen-bond donors (Lipinski definition) is 1. The first-order valence-corrected chi connectivity index (χ1v) is 7.30. The molecule has 4 heteroatoms. The molecule has 0 heterocycles. The van der Waals surface area contributed by atoms with Gasteiger partial charge in [-0.25, -0.2) is 0 Å². The Balaban J connectivity index is 2.83. The first-order chi connectivity index (χ1) is 10.1. The van der Waals surface area contributed by atoms with E-state index in [0.29, 0.717) is 38.4 Å². The number of nitrogens with two attached hydrogens (primary N) is 1. The van der Waals surface area contributed by atoms with E-state index in [-0.39, 0.29) is 5.91 Å². The lowest BCUT2D eigenvalue weighted by Crippen LogP contribution is -2.33. The second-order valence-electron chi connectivity index (χ2n) is 4.62. The maximum absolute atomic E-state index is 12.5. The van der Waals surface area contributed by atoms with Crippen molar-refractivity contribution in [2.75, 3.05) is 32.8 Å². The SMILES string of the molecule is CCOCCN(CC)C(=O)c1ccc(C#CCN)c(C)c1. The summed E-state index contributed by atoms with van der Waals surface area (Å²) in [5.41, 5.74) is 7.96. The van der Waals surface area contributed by atoms with Crippen molar-refractivity contribution in [1.82, 2.24) is 4.90 Å². The third kappa shape index (κ3) is 5.22. The summed E-state index contributed by atoms with van der Waals surface area (Å²) in [4.78, 5) is 14.2. The predicted octanol–water partition coefficient (Wildman–Crippen LogP) is 1.80. The quantitative estimate of drug-likeness (QED) is 0.641. The highest BCUT2D eigenvalue weighted by Crippen LogP contribution is 2.12. The maximum Gasteiger partial charge on any atom is 0.253 e. The Kier molecular flexibility index (Phi) is 7.52. The number of aryl methyl sites for hydroxylation is 1. The molecule has 0 aliphatic rings. The van der Waals surface area contributed by atoms with Crippen molar-refractivity contribution in [3.63, 3.8) is 0 Å². The topological polar surface area (TPSA) is 55.6 Å². The van der Waals surface area contributed by atoms with Crippen molar-refractivity contribution >= 4 is 5.91 Å². The molecule has 2 N–H and O–H groups in total. The Morgan fingerprint density at radius 1 is 1.38 bits per heavy atom. The van der Waals surface area contributed by atoms with Gasteiger partial charge in [-0.3, -0.25) is 4.79 Å². The molecule has 0 fully saturated rings. The molecule has 21 heavy (non-hydrogen) atoms. The van der Waals surface area contributed by atoms with Gasteiger partial charge in [0.2, 0.25) is 0 Å². The van der Waals surface area contributed by atoms with Gasteiger partial charge in [0.05, 0.1) is 13.2 Å². The molecule has 1 aromatic carbocycles. The van der Waals surface area contributed by atoms with Gasteiger partial charge in [0.15, 0.2) is 0 Å². The number of ether oxygens (including phenoxy) is 1. The van der Waals surface area contributed by atoms with Gasteiger partial charge in [0.1, 0.15) is 0 Å². The lowest BCUT2D eigenvalue weighted by atomic mass is 10.0. The third-order valence-electron chi connectivity index (χ3n) is 3.18. The van der Waals surface area contributed by atoms with E-state index in [9.17, 15) is 4.79 Å². The first-order valence-electron chi connectivity index (χ1n) is 7.30. The van der Waals surface area contributed by atoms with Crippen LogP contribution in [0.25, 0.3) is 0 Å². The Hall–Kier alpha value is -1.83. The zero-order chi connectivity index (χ0) is 15.7. The molecule has 0 aromatic heterocycles. The molecular formula is C17H24N2O2. The standard InChI is InChI=1S/C17H24N2O2/c1-4-19(11-12-21-5-2)17(20)16-9-8-15(7-6-10-18)14(3)13-16/h8-9,13H,4-5,10-12,18H2,1-3H3. The van der Waals surface area contributed by atoms with E-state index < -0.39 is 0 Å². The summed E-state index contributed by atoms with van der Waals surface area (Å²) in [6.07, 6.45) is 0. The van der Waals surface area contributed by atoms with Gasteiger partial charge >= 0.3 is 0 Å². The largest absolute Gasteiger partial charge is 0.380 e. The Morgan fingerprint density at radius 2 is 2.14 bits per heavy atom. The van der Waals surface area contributed by atoms with Crippen LogP contribution in [-0.4, -0.2) is 43.7 Å². The lowest BCUT2D eigenvalue weighted by Gasteiger charge is -2.21. The summed E-state index contributed by atoms with van der Waals surface area (Å²) >= 11 is 0. The average Bonchev–Trinajstić information content (AvgIpc) is 2.50. The molecule has 1 amide bonds. The van der Waals surface area contributed by atoms with E-state index in [1.54, 1.807) is 4.90 Å². The molecule has 1 rings (SSSR count). The molecule has 0 spiro atoms. The molecule has 0 unspecified atom stereocenters. The summed E-state index contributed by atoms with van der Waals surface area (Å²) in [5, 5.41) is 0. The molecule has 0 saturated heterocycles.